The molecule has 53 heavy (non-hydrogen) atoms. The second-order valence-electron chi connectivity index (χ2n) is 13.1. The van der Waals surface area contributed by atoms with Gasteiger partial charge in [0.2, 0.25) is 12.1 Å². The van der Waals surface area contributed by atoms with Crippen molar-refractivity contribution in [2.45, 2.75) is 80.5 Å². The highest BCUT2D eigenvalue weighted by Crippen LogP contribution is 2.41. The minimum absolute atomic E-state index is 0.0448. The molecule has 0 aromatic carbocycles. The number of aliphatic hydroxyl groups is 6. The van der Waals surface area contributed by atoms with Gasteiger partial charge in [0.05, 0.1) is 31.6 Å². The molecule has 0 radical (unpaired) electrons. The highest BCUT2D eigenvalue weighted by atomic mass is 16.8. The van der Waals surface area contributed by atoms with E-state index in [1.165, 1.54) is 38.5 Å². The summed E-state index contributed by atoms with van der Waals surface area (Å²) in [6.45, 7) is 2.71. The molecule has 8 atom stereocenters. The lowest BCUT2D eigenvalue weighted by Crippen LogP contribution is -3.09. The number of carbonyl (C=O) groups is 2. The quantitative estimate of drug-likeness (QED) is 0.0251. The number of carbonyl (C=O) groups excluding carboxylic acids is 1. The zero-order valence-corrected chi connectivity index (χ0v) is 29.7. The molecule has 2 fully saturated rings. The molecule has 1 aliphatic carbocycles. The number of nitrogens with zero attached hydrogens (tertiary/aromatic N) is 1. The van der Waals surface area contributed by atoms with Crippen LogP contribution in [0, 0.1) is 5.92 Å². The lowest BCUT2D eigenvalue weighted by atomic mass is 9.78. The second-order valence-corrected chi connectivity index (χ2v) is 13.1. The fourth-order valence-corrected chi connectivity index (χ4v) is 6.64. The first-order valence-corrected chi connectivity index (χ1v) is 17.3. The second kappa shape index (κ2) is 18.5. The zero-order chi connectivity index (χ0) is 38.9. The molecule has 1 saturated heterocycles. The van der Waals surface area contributed by atoms with Crippen LogP contribution in [0.25, 0.3) is 0 Å². The molecule has 3 heterocycles. The molecular weight excluding hydrogens is 702 g/mol. The molecule has 19 nitrogen and oxygen atoms in total. The van der Waals surface area contributed by atoms with E-state index in [0.717, 1.165) is 25.5 Å². The summed E-state index contributed by atoms with van der Waals surface area (Å²) in [5.74, 6) is -6.70. The van der Waals surface area contributed by atoms with Crippen LogP contribution in [0.4, 0.5) is 0 Å². The largest absolute Gasteiger partial charge is 0.477 e. The van der Waals surface area contributed by atoms with Gasteiger partial charge in [0.25, 0.3) is 0 Å². The average molecular weight is 755 g/mol. The van der Waals surface area contributed by atoms with E-state index in [9.17, 15) is 45.3 Å². The first-order chi connectivity index (χ1) is 25.2. The van der Waals surface area contributed by atoms with Crippen LogP contribution in [0.3, 0.4) is 0 Å². The molecular formula is C34H52N5O14+. The smallest absolute Gasteiger partial charge is 0.343 e. The maximum absolute atomic E-state index is 13.8. The van der Waals surface area contributed by atoms with Crippen LogP contribution in [0.1, 0.15) is 32.1 Å². The number of aliphatic carboxylic acids is 1. The van der Waals surface area contributed by atoms with Crippen LogP contribution in [-0.2, 0) is 33.3 Å². The fraction of sp³-hybridized carbons (Fsp3) is 0.618. The Labute approximate surface area is 306 Å². The van der Waals surface area contributed by atoms with Gasteiger partial charge in [-0.05, 0) is 38.8 Å². The summed E-state index contributed by atoms with van der Waals surface area (Å²) >= 11 is 0. The van der Waals surface area contributed by atoms with Crippen molar-refractivity contribution in [2.24, 2.45) is 16.6 Å². The molecule has 3 aliphatic heterocycles. The van der Waals surface area contributed by atoms with Crippen molar-refractivity contribution < 1.29 is 73.9 Å². The summed E-state index contributed by atoms with van der Waals surface area (Å²) in [5.41, 5.74) is 3.37. The van der Waals surface area contributed by atoms with Crippen LogP contribution in [0.15, 0.2) is 64.7 Å². The number of aliphatic imine (C=N–C) groups is 1. The van der Waals surface area contributed by atoms with Gasteiger partial charge >= 0.3 is 11.9 Å². The summed E-state index contributed by atoms with van der Waals surface area (Å²) < 4.78 is 28.9. The van der Waals surface area contributed by atoms with Gasteiger partial charge < -0.3 is 75.4 Å². The summed E-state index contributed by atoms with van der Waals surface area (Å²) in [6.07, 6.45) is 1.02. The molecule has 12 N–H and O–H groups in total. The Balaban J connectivity index is 1.80. The highest BCUT2D eigenvalue weighted by molar-refractivity contribution is 5.94. The van der Waals surface area contributed by atoms with Crippen molar-refractivity contribution in [3.05, 3.63) is 59.7 Å². The first-order valence-electron chi connectivity index (χ1n) is 17.3. The Bertz CT molecular complexity index is 1470. The Morgan fingerprint density at radius 1 is 1.19 bits per heavy atom. The molecule has 19 heteroatoms. The number of carboxylic acids is 1. The fourth-order valence-electron chi connectivity index (χ4n) is 6.64. The van der Waals surface area contributed by atoms with Crippen LogP contribution < -0.4 is 21.3 Å². The summed E-state index contributed by atoms with van der Waals surface area (Å²) in [4.78, 5) is 30.6. The molecule has 0 spiro atoms. The Kier molecular flexibility index (Phi) is 14.7. The highest BCUT2D eigenvalue weighted by Gasteiger charge is 2.58. The van der Waals surface area contributed by atoms with Crippen LogP contribution in [0.5, 0.6) is 0 Å². The third-order valence-corrected chi connectivity index (χ3v) is 9.52. The van der Waals surface area contributed by atoms with E-state index in [2.05, 4.69) is 22.2 Å². The van der Waals surface area contributed by atoms with Gasteiger partial charge in [-0.3, -0.25) is 10.3 Å². The van der Waals surface area contributed by atoms with E-state index >= 15 is 0 Å². The summed E-state index contributed by atoms with van der Waals surface area (Å²) in [6, 6.07) is 0. The van der Waals surface area contributed by atoms with Crippen molar-refractivity contribution in [2.75, 3.05) is 47.1 Å². The number of guanidine groups is 1. The van der Waals surface area contributed by atoms with Crippen molar-refractivity contribution in [1.29, 1.82) is 0 Å². The van der Waals surface area contributed by atoms with E-state index in [1.54, 1.807) is 0 Å². The monoisotopic (exact) mass is 754 g/mol. The Hall–Kier alpha value is -3.73. The summed E-state index contributed by atoms with van der Waals surface area (Å²) in [7, 11) is 2.91. The van der Waals surface area contributed by atoms with Crippen molar-refractivity contribution >= 4 is 17.9 Å². The third-order valence-electron chi connectivity index (χ3n) is 9.52. The number of quaternary nitrogens is 1. The molecule has 0 aromatic rings. The van der Waals surface area contributed by atoms with Gasteiger partial charge in [-0.1, -0.05) is 18.6 Å². The average Bonchev–Trinajstić information content (AvgIpc) is 3.13. The number of esters is 1. The SMILES string of the molecule is C=CC1C(OC2OC(CO)C(O)C(O)(O)C2OCNC)OC=C(C(=O)OC2CCCCC2)C1(O)C=CC1=C(NC(N)=NC)C(C(=O)O)=C[NH+](CCO)C1. The Morgan fingerprint density at radius 3 is 2.51 bits per heavy atom. The molecule has 1 saturated carbocycles. The number of aliphatic hydroxyl groups excluding tert-OH is 3. The van der Waals surface area contributed by atoms with E-state index in [4.69, 9.17) is 29.4 Å². The molecule has 4 rings (SSSR count). The summed E-state index contributed by atoms with van der Waals surface area (Å²) in [5, 5.41) is 79.9. The Morgan fingerprint density at radius 2 is 1.91 bits per heavy atom. The number of ether oxygens (including phenoxy) is 5. The predicted molar refractivity (Wildman–Crippen MR) is 184 cm³/mol. The van der Waals surface area contributed by atoms with Gasteiger partial charge in [-0.2, -0.15) is 0 Å². The minimum atomic E-state index is -2.99. The van der Waals surface area contributed by atoms with Crippen LogP contribution in [0.2, 0.25) is 0 Å². The number of rotatable bonds is 15. The van der Waals surface area contributed by atoms with Crippen molar-refractivity contribution in [1.82, 2.24) is 10.6 Å². The van der Waals surface area contributed by atoms with Gasteiger partial charge in [0.1, 0.15) is 60.6 Å². The molecule has 0 amide bonds. The van der Waals surface area contributed by atoms with E-state index in [0.29, 0.717) is 23.3 Å². The number of carboxylic acid groups (broad SMARTS) is 1. The molecule has 296 valence electrons. The number of hydrogen-bond donors (Lipinski definition) is 11. The van der Waals surface area contributed by atoms with Gasteiger partial charge in [0.15, 0.2) is 18.4 Å². The lowest BCUT2D eigenvalue weighted by Gasteiger charge is -2.48. The predicted octanol–water partition coefficient (Wildman–Crippen LogP) is -3.82. The third kappa shape index (κ3) is 9.51. The van der Waals surface area contributed by atoms with Gasteiger partial charge in [0, 0.05) is 12.6 Å². The molecule has 8 unspecified atom stereocenters. The maximum Gasteiger partial charge on any atom is 0.343 e. The van der Waals surface area contributed by atoms with E-state index in [1.807, 2.05) is 0 Å². The van der Waals surface area contributed by atoms with Crippen LogP contribution >= 0.6 is 0 Å². The first kappa shape index (κ1) is 42.0. The standard InChI is InChI=1S/C34H51N5O14/c1-4-22-30(53-31-27(50-18-36-2)34(47,48)26(42)24(16-41)52-31)49-17-23(29(45)51-20-8-6-5-7-9-20)33(22,46)11-10-19-14-39(12-13-40)15-21(28(43)44)25(19)38-32(35)37-3/h4,10-11,15,17,20,22,24,26-27,30-31,36,40-42,46-48H,1,5-9,12-14,16,18H2,2-3H3,(H,43,44)(H3,35,37,38)/p+1. The van der Waals surface area contributed by atoms with Crippen LogP contribution in [-0.4, -0.2) is 149 Å². The van der Waals surface area contributed by atoms with E-state index < -0.39 is 72.8 Å². The van der Waals surface area contributed by atoms with E-state index in [-0.39, 0.29) is 49.2 Å². The van der Waals surface area contributed by atoms with Crippen molar-refractivity contribution in [3.8, 4) is 0 Å². The minimum Gasteiger partial charge on any atom is -0.477 e. The molecule has 4 aliphatic rings. The molecule has 0 bridgehead atoms. The maximum atomic E-state index is 13.8. The topological polar surface area (TPSA) is 289 Å². The normalized spacial score (nSPS) is 32.5. The van der Waals surface area contributed by atoms with Crippen molar-refractivity contribution in [3.63, 3.8) is 0 Å². The lowest BCUT2D eigenvalue weighted by molar-refractivity contribution is -0.843. The number of nitrogens with two attached hydrogens (primary N) is 1. The molecule has 0 aromatic heterocycles. The number of nitrogens with one attached hydrogen (secondary N) is 3. The zero-order valence-electron chi connectivity index (χ0n) is 29.7. The van der Waals surface area contributed by atoms with Gasteiger partial charge in [-0.25, -0.2) is 9.59 Å². The van der Waals surface area contributed by atoms with Gasteiger partial charge in [-0.15, -0.1) is 6.58 Å². The number of hydrogen-bond acceptors (Lipinski definition) is 15.